The van der Waals surface area contributed by atoms with Crippen LogP contribution in [0.5, 0.6) is 0 Å². The number of esters is 1. The molecule has 0 bridgehead atoms. The summed E-state index contributed by atoms with van der Waals surface area (Å²) in [6.07, 6.45) is -0.401. The van der Waals surface area contributed by atoms with Crippen molar-refractivity contribution >= 4 is 12.1 Å². The Balaban J connectivity index is 0. The summed E-state index contributed by atoms with van der Waals surface area (Å²) in [5.41, 5.74) is 0.0290. The molecule has 0 saturated heterocycles. The molecular weight excluding hydrogens is 346 g/mol. The Labute approximate surface area is 166 Å². The normalized spacial score (nSPS) is 11.2. The SMILES string of the molecule is C=C(OCC(C)C)C(C)(C)C.CC(=O)OCCN(C)C(=O)OCC(C)(C)C. The summed E-state index contributed by atoms with van der Waals surface area (Å²) in [5.74, 6) is 1.11. The minimum absolute atomic E-state index is 0.0492. The molecule has 0 spiro atoms. The highest BCUT2D eigenvalue weighted by Gasteiger charge is 2.17. The summed E-state index contributed by atoms with van der Waals surface area (Å²) >= 11 is 0. The molecule has 0 saturated carbocycles. The van der Waals surface area contributed by atoms with Crippen molar-refractivity contribution in [1.82, 2.24) is 4.90 Å². The van der Waals surface area contributed by atoms with Crippen molar-refractivity contribution in [3.63, 3.8) is 0 Å². The maximum Gasteiger partial charge on any atom is 0.409 e. The fraction of sp³-hybridized carbons (Fsp3) is 0.810. The van der Waals surface area contributed by atoms with Crippen LogP contribution in [0.4, 0.5) is 4.79 Å². The second-order valence-corrected chi connectivity index (χ2v) is 9.25. The Bertz CT molecular complexity index is 458. The lowest BCUT2D eigenvalue weighted by Gasteiger charge is -2.22. The quantitative estimate of drug-likeness (QED) is 0.460. The number of nitrogens with zero attached hydrogens (tertiary/aromatic N) is 1. The Kier molecular flexibility index (Phi) is 12.9. The third kappa shape index (κ3) is 18.9. The van der Waals surface area contributed by atoms with E-state index in [2.05, 4.69) is 41.2 Å². The Morgan fingerprint density at radius 2 is 1.52 bits per heavy atom. The zero-order valence-corrected chi connectivity index (χ0v) is 19.1. The van der Waals surface area contributed by atoms with Gasteiger partial charge in [0.05, 0.1) is 25.5 Å². The largest absolute Gasteiger partial charge is 0.498 e. The molecule has 0 radical (unpaired) electrons. The van der Waals surface area contributed by atoms with Gasteiger partial charge in [-0.15, -0.1) is 0 Å². The lowest BCUT2D eigenvalue weighted by molar-refractivity contribution is -0.141. The highest BCUT2D eigenvalue weighted by atomic mass is 16.6. The highest BCUT2D eigenvalue weighted by molar-refractivity contribution is 5.67. The second-order valence-electron chi connectivity index (χ2n) is 9.25. The van der Waals surface area contributed by atoms with Gasteiger partial charge in [-0.2, -0.15) is 0 Å². The first-order chi connectivity index (χ1) is 12.1. The first-order valence-electron chi connectivity index (χ1n) is 9.39. The molecule has 0 heterocycles. The number of rotatable bonds is 7. The Hall–Kier alpha value is -1.72. The molecular formula is C21H41NO5. The van der Waals surface area contributed by atoms with E-state index in [4.69, 9.17) is 14.2 Å². The average molecular weight is 388 g/mol. The molecule has 0 aliphatic heterocycles. The predicted octanol–water partition coefficient (Wildman–Crippen LogP) is 4.88. The third-order valence-electron chi connectivity index (χ3n) is 3.10. The predicted molar refractivity (Wildman–Crippen MR) is 109 cm³/mol. The minimum Gasteiger partial charge on any atom is -0.498 e. The summed E-state index contributed by atoms with van der Waals surface area (Å²) in [6, 6.07) is 0. The molecule has 0 N–H and O–H groups in total. The molecule has 0 atom stereocenters. The van der Waals surface area contributed by atoms with Crippen molar-refractivity contribution in [3.8, 4) is 0 Å². The van der Waals surface area contributed by atoms with Crippen LogP contribution in [0.2, 0.25) is 0 Å². The van der Waals surface area contributed by atoms with Crippen LogP contribution in [-0.2, 0) is 19.0 Å². The van der Waals surface area contributed by atoms with Crippen LogP contribution in [0, 0.1) is 16.7 Å². The van der Waals surface area contributed by atoms with Crippen molar-refractivity contribution in [2.75, 3.05) is 33.4 Å². The maximum atomic E-state index is 11.4. The van der Waals surface area contributed by atoms with Crippen LogP contribution in [0.3, 0.4) is 0 Å². The summed E-state index contributed by atoms with van der Waals surface area (Å²) in [7, 11) is 1.61. The van der Waals surface area contributed by atoms with Crippen molar-refractivity contribution in [2.45, 2.75) is 62.3 Å². The van der Waals surface area contributed by atoms with E-state index in [0.717, 1.165) is 12.4 Å². The zero-order chi connectivity index (χ0) is 21.8. The number of amides is 1. The first kappa shape index (κ1) is 27.5. The highest BCUT2D eigenvalue weighted by Crippen LogP contribution is 2.24. The summed E-state index contributed by atoms with van der Waals surface area (Å²) in [4.78, 5) is 23.3. The molecule has 0 fully saturated rings. The molecule has 27 heavy (non-hydrogen) atoms. The van der Waals surface area contributed by atoms with E-state index in [1.54, 1.807) is 7.05 Å². The molecule has 0 aliphatic rings. The fourth-order valence-corrected chi connectivity index (χ4v) is 1.29. The van der Waals surface area contributed by atoms with E-state index in [-0.39, 0.29) is 23.4 Å². The summed E-state index contributed by atoms with van der Waals surface area (Å²) in [6.45, 7) is 23.4. The topological polar surface area (TPSA) is 65.1 Å². The number of ether oxygens (including phenoxy) is 3. The van der Waals surface area contributed by atoms with E-state index in [9.17, 15) is 9.59 Å². The van der Waals surface area contributed by atoms with Crippen LogP contribution in [-0.4, -0.2) is 50.4 Å². The summed E-state index contributed by atoms with van der Waals surface area (Å²) < 4.78 is 15.3. The average Bonchev–Trinajstić information content (AvgIpc) is 2.48. The summed E-state index contributed by atoms with van der Waals surface area (Å²) in [5, 5.41) is 0. The molecule has 160 valence electrons. The van der Waals surface area contributed by atoms with Gasteiger partial charge in [0, 0.05) is 19.4 Å². The number of carbonyl (C=O) groups excluding carboxylic acids is 2. The molecule has 6 heteroatoms. The zero-order valence-electron chi connectivity index (χ0n) is 19.1. The number of carbonyl (C=O) groups is 2. The molecule has 1 amide bonds. The van der Waals surface area contributed by atoms with Gasteiger partial charge in [-0.3, -0.25) is 4.79 Å². The molecule has 0 rings (SSSR count). The van der Waals surface area contributed by atoms with E-state index in [0.29, 0.717) is 19.1 Å². The fourth-order valence-electron chi connectivity index (χ4n) is 1.29. The van der Waals surface area contributed by atoms with Crippen molar-refractivity contribution in [1.29, 1.82) is 0 Å². The Morgan fingerprint density at radius 3 is 1.89 bits per heavy atom. The van der Waals surface area contributed by atoms with Crippen LogP contribution < -0.4 is 0 Å². The monoisotopic (exact) mass is 387 g/mol. The van der Waals surface area contributed by atoms with Crippen LogP contribution >= 0.6 is 0 Å². The lowest BCUT2D eigenvalue weighted by Crippen LogP contribution is -2.33. The molecule has 0 aromatic heterocycles. The van der Waals surface area contributed by atoms with Crippen molar-refractivity contribution in [2.24, 2.45) is 16.7 Å². The number of hydrogen-bond acceptors (Lipinski definition) is 5. The third-order valence-corrected chi connectivity index (χ3v) is 3.10. The van der Waals surface area contributed by atoms with Gasteiger partial charge >= 0.3 is 12.1 Å². The Morgan fingerprint density at radius 1 is 1.00 bits per heavy atom. The van der Waals surface area contributed by atoms with E-state index < -0.39 is 6.09 Å². The van der Waals surface area contributed by atoms with E-state index >= 15 is 0 Å². The van der Waals surface area contributed by atoms with Gasteiger partial charge in [-0.25, -0.2) is 4.79 Å². The van der Waals surface area contributed by atoms with Crippen molar-refractivity contribution in [3.05, 3.63) is 12.3 Å². The molecule has 0 aromatic carbocycles. The minimum atomic E-state index is -0.401. The van der Waals surface area contributed by atoms with Gasteiger partial charge in [0.15, 0.2) is 0 Å². The molecule has 0 unspecified atom stereocenters. The van der Waals surface area contributed by atoms with Gasteiger partial charge in [0.1, 0.15) is 6.61 Å². The van der Waals surface area contributed by atoms with Gasteiger partial charge in [-0.1, -0.05) is 62.0 Å². The second kappa shape index (κ2) is 12.6. The maximum absolute atomic E-state index is 11.4. The van der Waals surface area contributed by atoms with E-state index in [1.807, 2.05) is 20.8 Å². The van der Waals surface area contributed by atoms with Crippen LogP contribution in [0.1, 0.15) is 62.3 Å². The van der Waals surface area contributed by atoms with Crippen LogP contribution in [0.15, 0.2) is 12.3 Å². The van der Waals surface area contributed by atoms with E-state index in [1.165, 1.54) is 11.8 Å². The number of allylic oxidation sites excluding steroid dienone is 1. The lowest BCUT2D eigenvalue weighted by atomic mass is 9.95. The van der Waals surface area contributed by atoms with Gasteiger partial charge in [0.25, 0.3) is 0 Å². The smallest absolute Gasteiger partial charge is 0.409 e. The number of hydrogen-bond donors (Lipinski definition) is 0. The van der Waals surface area contributed by atoms with Crippen molar-refractivity contribution < 1.29 is 23.8 Å². The van der Waals surface area contributed by atoms with Gasteiger partial charge in [-0.05, 0) is 11.3 Å². The molecule has 6 nitrogen and oxygen atoms in total. The standard InChI is InChI=1S/C11H21NO4.C10H20O/c1-9(13)15-7-6-12(5)10(14)16-8-11(2,3)4;1-8(2)7-11-9(3)10(4,5)6/h6-8H2,1-5H3;8H,3,7H2,1-2,4-6H3. The first-order valence-corrected chi connectivity index (χ1v) is 9.39. The number of likely N-dealkylation sites (N-methyl/N-ethyl adjacent to an activating group) is 1. The molecule has 0 aromatic rings. The molecule has 0 aliphatic carbocycles. The van der Waals surface area contributed by atoms with Gasteiger partial charge in [0.2, 0.25) is 0 Å². The van der Waals surface area contributed by atoms with Crippen LogP contribution in [0.25, 0.3) is 0 Å². The van der Waals surface area contributed by atoms with Gasteiger partial charge < -0.3 is 19.1 Å².